The molecule has 0 saturated heterocycles. The maximum absolute atomic E-state index is 4.28. The van der Waals surface area contributed by atoms with Gasteiger partial charge in [0.1, 0.15) is 0 Å². The first-order valence-corrected chi connectivity index (χ1v) is 5.15. The smallest absolute Gasteiger partial charge is 0.0684 e. The van der Waals surface area contributed by atoms with E-state index in [1.54, 1.807) is 6.20 Å². The second-order valence-corrected chi connectivity index (χ2v) is 4.01. The van der Waals surface area contributed by atoms with Crippen molar-refractivity contribution < 1.29 is 0 Å². The molecule has 0 atom stereocenters. The van der Waals surface area contributed by atoms with Gasteiger partial charge < -0.3 is 0 Å². The Balaban J connectivity index is 2.23. The third-order valence-electron chi connectivity index (χ3n) is 1.94. The molecule has 0 spiro atoms. The monoisotopic (exact) mass is 251 g/mol. The van der Waals surface area contributed by atoms with Gasteiger partial charge in [0.2, 0.25) is 0 Å². The molecular formula is C10H10BrN3. The van der Waals surface area contributed by atoms with E-state index in [0.717, 1.165) is 28.0 Å². The number of pyridine rings is 1. The van der Waals surface area contributed by atoms with Gasteiger partial charge in [-0.15, -0.1) is 0 Å². The number of halogens is 1. The number of hydrogen-bond acceptors (Lipinski definition) is 2. The molecule has 2 rings (SSSR count). The van der Waals surface area contributed by atoms with Crippen LogP contribution >= 0.6 is 15.9 Å². The SMILES string of the molecule is Cc1cc(Cc2ncccc2Br)n[nH]1. The van der Waals surface area contributed by atoms with Crippen LogP contribution in [0.25, 0.3) is 0 Å². The lowest BCUT2D eigenvalue weighted by Crippen LogP contribution is -1.93. The van der Waals surface area contributed by atoms with Gasteiger partial charge in [0.05, 0.1) is 11.4 Å². The van der Waals surface area contributed by atoms with Crippen molar-refractivity contribution in [1.29, 1.82) is 0 Å². The molecule has 0 bridgehead atoms. The minimum Gasteiger partial charge on any atom is -0.283 e. The van der Waals surface area contributed by atoms with Crippen LogP contribution in [-0.4, -0.2) is 15.2 Å². The zero-order valence-electron chi connectivity index (χ0n) is 7.79. The normalized spacial score (nSPS) is 10.4. The summed E-state index contributed by atoms with van der Waals surface area (Å²) < 4.78 is 1.03. The largest absolute Gasteiger partial charge is 0.283 e. The molecule has 0 fully saturated rings. The second kappa shape index (κ2) is 3.92. The molecule has 4 heteroatoms. The lowest BCUT2D eigenvalue weighted by molar-refractivity contribution is 0.953. The van der Waals surface area contributed by atoms with E-state index in [0.29, 0.717) is 0 Å². The Hall–Kier alpha value is -1.16. The van der Waals surface area contributed by atoms with Gasteiger partial charge >= 0.3 is 0 Å². The van der Waals surface area contributed by atoms with E-state index in [-0.39, 0.29) is 0 Å². The first kappa shape index (κ1) is 9.40. The molecule has 0 aromatic carbocycles. The highest BCUT2D eigenvalue weighted by molar-refractivity contribution is 9.10. The topological polar surface area (TPSA) is 41.6 Å². The molecule has 2 aromatic rings. The van der Waals surface area contributed by atoms with Gasteiger partial charge in [-0.3, -0.25) is 10.1 Å². The Morgan fingerprint density at radius 3 is 3.00 bits per heavy atom. The zero-order chi connectivity index (χ0) is 9.97. The van der Waals surface area contributed by atoms with E-state index in [2.05, 4.69) is 31.1 Å². The van der Waals surface area contributed by atoms with E-state index in [9.17, 15) is 0 Å². The van der Waals surface area contributed by atoms with Gasteiger partial charge in [0.25, 0.3) is 0 Å². The fourth-order valence-electron chi connectivity index (χ4n) is 1.29. The van der Waals surface area contributed by atoms with E-state index in [1.165, 1.54) is 0 Å². The number of H-pyrrole nitrogens is 1. The maximum atomic E-state index is 4.28. The van der Waals surface area contributed by atoms with Crippen LogP contribution in [0.2, 0.25) is 0 Å². The summed E-state index contributed by atoms with van der Waals surface area (Å²) >= 11 is 3.46. The fraction of sp³-hybridized carbons (Fsp3) is 0.200. The van der Waals surface area contributed by atoms with E-state index >= 15 is 0 Å². The summed E-state index contributed by atoms with van der Waals surface area (Å²) in [5, 5.41) is 7.08. The molecule has 0 aliphatic carbocycles. The van der Waals surface area contributed by atoms with Gasteiger partial charge in [0.15, 0.2) is 0 Å². The highest BCUT2D eigenvalue weighted by Gasteiger charge is 2.04. The Kier molecular flexibility index (Phi) is 2.63. The Labute approximate surface area is 90.7 Å². The molecule has 14 heavy (non-hydrogen) atoms. The molecule has 2 aromatic heterocycles. The lowest BCUT2D eigenvalue weighted by atomic mass is 10.2. The quantitative estimate of drug-likeness (QED) is 0.891. The molecule has 2 heterocycles. The van der Waals surface area contributed by atoms with Gasteiger partial charge in [-0.2, -0.15) is 5.10 Å². The average Bonchev–Trinajstić information content (AvgIpc) is 2.56. The van der Waals surface area contributed by atoms with Crippen molar-refractivity contribution in [2.45, 2.75) is 13.3 Å². The first-order chi connectivity index (χ1) is 6.75. The first-order valence-electron chi connectivity index (χ1n) is 4.36. The summed E-state index contributed by atoms with van der Waals surface area (Å²) in [6, 6.07) is 5.92. The average molecular weight is 252 g/mol. The minimum atomic E-state index is 0.756. The van der Waals surface area contributed by atoms with Crippen molar-refractivity contribution in [3.63, 3.8) is 0 Å². The highest BCUT2D eigenvalue weighted by Crippen LogP contribution is 2.16. The zero-order valence-corrected chi connectivity index (χ0v) is 9.37. The third kappa shape index (κ3) is 2.01. The standard InChI is InChI=1S/C10H10BrN3/c1-7-5-8(14-13-7)6-10-9(11)3-2-4-12-10/h2-5H,6H2,1H3,(H,13,14). The Morgan fingerprint density at radius 2 is 2.36 bits per heavy atom. The summed E-state index contributed by atoms with van der Waals surface area (Å²) in [4.78, 5) is 4.28. The number of rotatable bonds is 2. The van der Waals surface area contributed by atoms with Crippen molar-refractivity contribution in [1.82, 2.24) is 15.2 Å². The summed E-state index contributed by atoms with van der Waals surface area (Å²) in [7, 11) is 0. The van der Waals surface area contributed by atoms with Gasteiger partial charge in [-0.25, -0.2) is 0 Å². The summed E-state index contributed by atoms with van der Waals surface area (Å²) in [5.41, 5.74) is 3.10. The molecule has 0 unspecified atom stereocenters. The molecule has 0 saturated carbocycles. The predicted octanol–water partition coefficient (Wildman–Crippen LogP) is 2.47. The van der Waals surface area contributed by atoms with Crippen LogP contribution < -0.4 is 0 Å². The van der Waals surface area contributed by atoms with Crippen LogP contribution in [-0.2, 0) is 6.42 Å². The van der Waals surface area contributed by atoms with Crippen molar-refractivity contribution in [3.8, 4) is 0 Å². The summed E-state index contributed by atoms with van der Waals surface area (Å²) in [5.74, 6) is 0. The van der Waals surface area contributed by atoms with Crippen LogP contribution in [0.5, 0.6) is 0 Å². The molecular weight excluding hydrogens is 242 g/mol. The van der Waals surface area contributed by atoms with E-state index in [4.69, 9.17) is 0 Å². The highest BCUT2D eigenvalue weighted by atomic mass is 79.9. The van der Waals surface area contributed by atoms with E-state index < -0.39 is 0 Å². The number of aromatic amines is 1. The third-order valence-corrected chi connectivity index (χ3v) is 2.66. The van der Waals surface area contributed by atoms with Crippen LogP contribution in [0, 0.1) is 6.92 Å². The van der Waals surface area contributed by atoms with E-state index in [1.807, 2.05) is 25.1 Å². The molecule has 0 aliphatic heterocycles. The minimum absolute atomic E-state index is 0.756. The molecule has 1 N–H and O–H groups in total. The number of aryl methyl sites for hydroxylation is 1. The van der Waals surface area contributed by atoms with Crippen LogP contribution in [0.15, 0.2) is 28.9 Å². The molecule has 72 valence electrons. The van der Waals surface area contributed by atoms with Gasteiger partial charge in [-0.05, 0) is 41.1 Å². The van der Waals surface area contributed by atoms with Crippen molar-refractivity contribution in [2.24, 2.45) is 0 Å². The second-order valence-electron chi connectivity index (χ2n) is 3.15. The Bertz CT molecular complexity index is 436. The Morgan fingerprint density at radius 1 is 1.50 bits per heavy atom. The van der Waals surface area contributed by atoms with Crippen LogP contribution in [0.3, 0.4) is 0 Å². The lowest BCUT2D eigenvalue weighted by Gasteiger charge is -1.99. The van der Waals surface area contributed by atoms with Crippen molar-refractivity contribution in [2.75, 3.05) is 0 Å². The molecule has 0 radical (unpaired) electrons. The predicted molar refractivity (Wildman–Crippen MR) is 58.1 cm³/mol. The number of nitrogens with zero attached hydrogens (tertiary/aromatic N) is 2. The number of hydrogen-bond donors (Lipinski definition) is 1. The van der Waals surface area contributed by atoms with Gasteiger partial charge in [0, 0.05) is 22.8 Å². The van der Waals surface area contributed by atoms with Gasteiger partial charge in [-0.1, -0.05) is 0 Å². The summed E-state index contributed by atoms with van der Waals surface area (Å²) in [6.07, 6.45) is 2.55. The molecule has 0 aliphatic rings. The van der Waals surface area contributed by atoms with Crippen molar-refractivity contribution >= 4 is 15.9 Å². The molecule has 3 nitrogen and oxygen atoms in total. The van der Waals surface area contributed by atoms with Crippen LogP contribution in [0.1, 0.15) is 17.1 Å². The number of nitrogens with one attached hydrogen (secondary N) is 1. The summed E-state index contributed by atoms with van der Waals surface area (Å²) in [6.45, 7) is 1.99. The number of aromatic nitrogens is 3. The van der Waals surface area contributed by atoms with Crippen molar-refractivity contribution in [3.05, 3.63) is 46.0 Å². The van der Waals surface area contributed by atoms with Crippen LogP contribution in [0.4, 0.5) is 0 Å². The molecule has 0 amide bonds. The fourth-order valence-corrected chi connectivity index (χ4v) is 1.68. The maximum Gasteiger partial charge on any atom is 0.0684 e.